The minimum Gasteiger partial charge on any atom is -0.394 e. The first kappa shape index (κ1) is 9.08. The van der Waals surface area contributed by atoms with E-state index < -0.39 is 0 Å². The molecule has 0 spiro atoms. The Morgan fingerprint density at radius 2 is 2.09 bits per heavy atom. The van der Waals surface area contributed by atoms with E-state index in [-0.39, 0.29) is 24.1 Å². The summed E-state index contributed by atoms with van der Waals surface area (Å²) >= 11 is 0. The van der Waals surface area contributed by atoms with Gasteiger partial charge in [0.05, 0.1) is 12.7 Å². The predicted molar refractivity (Wildman–Crippen MR) is 47.2 cm³/mol. The molecule has 1 aliphatic rings. The fraction of sp³-hybridized carbons (Fsp3) is 1.00. The lowest BCUT2D eigenvalue weighted by atomic mass is 9.69. The Balaban J connectivity index is 2.71. The molecule has 11 heavy (non-hydrogen) atoms. The second-order valence-corrected chi connectivity index (χ2v) is 4.11. The Kier molecular flexibility index (Phi) is 2.31. The van der Waals surface area contributed by atoms with E-state index in [1.54, 1.807) is 0 Å². The zero-order chi connectivity index (χ0) is 8.65. The molecule has 1 rings (SSSR count). The van der Waals surface area contributed by atoms with Crippen LogP contribution in [0.15, 0.2) is 0 Å². The highest BCUT2D eigenvalue weighted by molar-refractivity contribution is 6.11. The van der Waals surface area contributed by atoms with Crippen molar-refractivity contribution in [2.45, 2.75) is 32.9 Å². The summed E-state index contributed by atoms with van der Waals surface area (Å²) in [6, 6.07) is 0.259. The highest BCUT2D eigenvalue weighted by Gasteiger charge is 2.44. The smallest absolute Gasteiger partial charge is 0.139 e. The van der Waals surface area contributed by atoms with Crippen LogP contribution in [0.2, 0.25) is 0 Å². The maximum atomic E-state index is 8.96. The van der Waals surface area contributed by atoms with Crippen LogP contribution in [0.25, 0.3) is 0 Å². The van der Waals surface area contributed by atoms with Crippen LogP contribution >= 0.6 is 0 Å². The molecule has 0 saturated carbocycles. The van der Waals surface area contributed by atoms with Gasteiger partial charge < -0.3 is 9.84 Å². The topological polar surface area (TPSA) is 29.5 Å². The predicted octanol–water partition coefficient (Wildman–Crippen LogP) is -0.00100. The lowest BCUT2D eigenvalue weighted by molar-refractivity contribution is 0.0269. The number of aliphatic hydroxyl groups is 1. The lowest BCUT2D eigenvalue weighted by Crippen LogP contribution is -2.30. The molecule has 1 saturated heterocycles. The molecule has 0 bridgehead atoms. The summed E-state index contributed by atoms with van der Waals surface area (Å²) in [7, 11) is 2.08. The third kappa shape index (κ3) is 1.32. The van der Waals surface area contributed by atoms with E-state index in [1.165, 1.54) is 0 Å². The second-order valence-electron chi connectivity index (χ2n) is 4.11. The summed E-state index contributed by atoms with van der Waals surface area (Å²) in [5.41, 5.74) is 0.202. The fourth-order valence-electron chi connectivity index (χ4n) is 1.61. The quantitative estimate of drug-likeness (QED) is 0.541. The average Bonchev–Trinajstić information content (AvgIpc) is 2.14. The summed E-state index contributed by atoms with van der Waals surface area (Å²) in [5.74, 6) is 0.447. The second kappa shape index (κ2) is 2.79. The van der Waals surface area contributed by atoms with Gasteiger partial charge in [0, 0.05) is 6.00 Å². The molecule has 1 N–H and O–H groups in total. The van der Waals surface area contributed by atoms with E-state index in [1.807, 2.05) is 0 Å². The van der Waals surface area contributed by atoms with E-state index in [0.29, 0.717) is 5.92 Å². The molecule has 0 aliphatic carbocycles. The van der Waals surface area contributed by atoms with Crippen LogP contribution in [0.4, 0.5) is 0 Å². The fourth-order valence-corrected chi connectivity index (χ4v) is 1.61. The Morgan fingerprint density at radius 3 is 2.27 bits per heavy atom. The molecule has 0 aromatic rings. The minimum absolute atomic E-state index is 0.0417. The van der Waals surface area contributed by atoms with Crippen LogP contribution in [0, 0.1) is 11.3 Å². The lowest BCUT2D eigenvalue weighted by Gasteiger charge is -2.26. The maximum absolute atomic E-state index is 8.96. The molecule has 0 aromatic heterocycles. The molecule has 2 nitrogen and oxygen atoms in total. The van der Waals surface area contributed by atoms with Crippen LogP contribution in [-0.4, -0.2) is 31.7 Å². The molecule has 1 aliphatic heterocycles. The van der Waals surface area contributed by atoms with Gasteiger partial charge in [0.2, 0.25) is 0 Å². The number of aliphatic hydroxyl groups excluding tert-OH is 1. The largest absolute Gasteiger partial charge is 0.394 e. The van der Waals surface area contributed by atoms with Gasteiger partial charge in [-0.05, 0) is 11.3 Å². The van der Waals surface area contributed by atoms with E-state index in [2.05, 4.69) is 28.6 Å². The molecule has 3 heteroatoms. The van der Waals surface area contributed by atoms with Gasteiger partial charge in [0.15, 0.2) is 0 Å². The number of rotatable bonds is 1. The Hall–Kier alpha value is -0.0151. The molecular weight excluding hydrogens is 139 g/mol. The van der Waals surface area contributed by atoms with Gasteiger partial charge in [-0.25, -0.2) is 0 Å². The highest BCUT2D eigenvalue weighted by Crippen LogP contribution is 2.41. The van der Waals surface area contributed by atoms with Crippen molar-refractivity contribution in [2.75, 3.05) is 6.61 Å². The van der Waals surface area contributed by atoms with Crippen molar-refractivity contribution in [3.05, 3.63) is 0 Å². The van der Waals surface area contributed by atoms with Crippen molar-refractivity contribution >= 4 is 7.85 Å². The normalized spacial score (nSPS) is 42.7. The summed E-state index contributed by atoms with van der Waals surface area (Å²) in [6.45, 7) is 6.68. The van der Waals surface area contributed by atoms with Crippen molar-refractivity contribution in [2.24, 2.45) is 11.3 Å². The Morgan fingerprint density at radius 1 is 1.55 bits per heavy atom. The van der Waals surface area contributed by atoms with Crippen molar-refractivity contribution < 1.29 is 9.84 Å². The van der Waals surface area contributed by atoms with Gasteiger partial charge in [-0.3, -0.25) is 0 Å². The first-order valence-electron chi connectivity index (χ1n) is 4.26. The molecule has 0 radical (unpaired) electrons. The molecule has 1 heterocycles. The first-order chi connectivity index (χ1) is 5.00. The number of ether oxygens (including phenoxy) is 1. The van der Waals surface area contributed by atoms with Crippen LogP contribution in [0.5, 0.6) is 0 Å². The first-order valence-corrected chi connectivity index (χ1v) is 4.26. The van der Waals surface area contributed by atoms with E-state index in [9.17, 15) is 0 Å². The van der Waals surface area contributed by atoms with Gasteiger partial charge in [-0.1, -0.05) is 20.8 Å². The molecular formula is C8H17BO2. The van der Waals surface area contributed by atoms with Crippen molar-refractivity contribution in [3.63, 3.8) is 0 Å². The van der Waals surface area contributed by atoms with E-state index >= 15 is 0 Å². The summed E-state index contributed by atoms with van der Waals surface area (Å²) in [4.78, 5) is 0. The summed E-state index contributed by atoms with van der Waals surface area (Å²) < 4.78 is 5.59. The number of hydrogen-bond acceptors (Lipinski definition) is 2. The van der Waals surface area contributed by atoms with E-state index in [0.717, 1.165) is 0 Å². The highest BCUT2D eigenvalue weighted by atomic mass is 16.5. The summed E-state index contributed by atoms with van der Waals surface area (Å²) in [6.07, 6.45) is 0.0417. The van der Waals surface area contributed by atoms with Crippen LogP contribution < -0.4 is 0 Å². The van der Waals surface area contributed by atoms with Gasteiger partial charge in [0.1, 0.15) is 7.85 Å². The molecule has 0 aromatic carbocycles. The van der Waals surface area contributed by atoms with Crippen molar-refractivity contribution in [1.82, 2.24) is 0 Å². The molecule has 0 amide bonds. The van der Waals surface area contributed by atoms with Gasteiger partial charge in [-0.2, -0.15) is 0 Å². The van der Waals surface area contributed by atoms with Crippen molar-refractivity contribution in [3.8, 4) is 0 Å². The third-order valence-corrected chi connectivity index (χ3v) is 3.34. The zero-order valence-electron chi connectivity index (χ0n) is 7.79. The van der Waals surface area contributed by atoms with Crippen LogP contribution in [0.3, 0.4) is 0 Å². The third-order valence-electron chi connectivity index (χ3n) is 3.34. The van der Waals surface area contributed by atoms with Gasteiger partial charge in [0.25, 0.3) is 0 Å². The molecule has 1 unspecified atom stereocenters. The molecule has 64 valence electrons. The zero-order valence-corrected chi connectivity index (χ0v) is 7.79. The SMILES string of the molecule is BC1O[C@H](CO)[C@@H](C)C1(C)C. The molecule has 3 atom stereocenters. The maximum Gasteiger partial charge on any atom is 0.139 e. The molecule has 1 fully saturated rings. The number of hydrogen-bond donors (Lipinski definition) is 1. The van der Waals surface area contributed by atoms with Crippen LogP contribution in [-0.2, 0) is 4.74 Å². The van der Waals surface area contributed by atoms with Crippen molar-refractivity contribution in [1.29, 1.82) is 0 Å². The summed E-state index contributed by atoms with van der Waals surface area (Å²) in [5, 5.41) is 8.96. The Bertz CT molecular complexity index is 147. The van der Waals surface area contributed by atoms with Gasteiger partial charge >= 0.3 is 0 Å². The average molecular weight is 156 g/mol. The monoisotopic (exact) mass is 156 g/mol. The van der Waals surface area contributed by atoms with E-state index in [4.69, 9.17) is 9.84 Å². The Labute approximate surface area is 69.3 Å². The standard InChI is InChI=1S/C8H17BO2/c1-5-6(4-10)11-7(9)8(5,2)3/h5-7,10H,4,9H2,1-3H3/t5-,6-,7?/m1/s1. The minimum atomic E-state index is 0.0417. The van der Waals surface area contributed by atoms with Gasteiger partial charge in [-0.15, -0.1) is 0 Å². The van der Waals surface area contributed by atoms with Crippen LogP contribution in [0.1, 0.15) is 20.8 Å².